The highest BCUT2D eigenvalue weighted by molar-refractivity contribution is 5.78. The Hall–Kier alpha value is -2.29. The molecule has 0 aromatic heterocycles. The van der Waals surface area contributed by atoms with Crippen LogP contribution in [-0.2, 0) is 11.2 Å². The average Bonchev–Trinajstić information content (AvgIpc) is 2.48. The van der Waals surface area contributed by atoms with Gasteiger partial charge in [0, 0.05) is 12.2 Å². The second-order valence-corrected chi connectivity index (χ2v) is 5.03. The minimum absolute atomic E-state index is 0.0394. The standard InChI is InChI=1S/C17H20N2O/c1-13(15-5-3-2-4-6-15)12-19-17(20)11-14-7-9-16(18)10-8-14/h2-10,13H,11-12,18H2,1H3,(H,19,20). The van der Waals surface area contributed by atoms with Gasteiger partial charge in [0.15, 0.2) is 0 Å². The molecule has 0 fully saturated rings. The Morgan fingerprint density at radius 3 is 2.40 bits per heavy atom. The van der Waals surface area contributed by atoms with Crippen LogP contribution in [0.15, 0.2) is 54.6 Å². The molecular formula is C17H20N2O. The second kappa shape index (κ2) is 6.75. The number of nitrogens with two attached hydrogens (primary N) is 1. The lowest BCUT2D eigenvalue weighted by Gasteiger charge is -2.13. The lowest BCUT2D eigenvalue weighted by atomic mass is 10.0. The van der Waals surface area contributed by atoms with Crippen molar-refractivity contribution in [3.8, 4) is 0 Å². The summed E-state index contributed by atoms with van der Waals surface area (Å²) in [5.74, 6) is 0.351. The maximum absolute atomic E-state index is 11.9. The Labute approximate surface area is 119 Å². The fourth-order valence-electron chi connectivity index (χ4n) is 2.05. The number of nitrogen functional groups attached to an aromatic ring is 1. The predicted octanol–water partition coefficient (Wildman–Crippen LogP) is 2.73. The summed E-state index contributed by atoms with van der Waals surface area (Å²) in [6.45, 7) is 2.76. The second-order valence-electron chi connectivity index (χ2n) is 5.03. The van der Waals surface area contributed by atoms with Crippen LogP contribution < -0.4 is 11.1 Å². The molecule has 2 aromatic carbocycles. The SMILES string of the molecule is CC(CNC(=O)Cc1ccc(N)cc1)c1ccccc1. The zero-order valence-electron chi connectivity index (χ0n) is 11.7. The summed E-state index contributed by atoms with van der Waals surface area (Å²) in [6.07, 6.45) is 0.391. The summed E-state index contributed by atoms with van der Waals surface area (Å²) in [5, 5.41) is 2.97. The van der Waals surface area contributed by atoms with E-state index in [0.717, 1.165) is 5.56 Å². The van der Waals surface area contributed by atoms with Gasteiger partial charge in [-0.15, -0.1) is 0 Å². The van der Waals surface area contributed by atoms with Gasteiger partial charge in [-0.1, -0.05) is 49.4 Å². The number of carbonyl (C=O) groups is 1. The normalized spacial score (nSPS) is 11.8. The summed E-state index contributed by atoms with van der Waals surface area (Å²) < 4.78 is 0. The first kappa shape index (κ1) is 14.1. The highest BCUT2D eigenvalue weighted by Crippen LogP contribution is 2.13. The Morgan fingerprint density at radius 1 is 1.10 bits per heavy atom. The monoisotopic (exact) mass is 268 g/mol. The predicted molar refractivity (Wildman–Crippen MR) is 82.4 cm³/mol. The first-order valence-corrected chi connectivity index (χ1v) is 6.81. The van der Waals surface area contributed by atoms with E-state index in [1.807, 2.05) is 42.5 Å². The molecule has 0 spiro atoms. The van der Waals surface area contributed by atoms with E-state index < -0.39 is 0 Å². The van der Waals surface area contributed by atoms with Crippen LogP contribution in [0.2, 0.25) is 0 Å². The van der Waals surface area contributed by atoms with Gasteiger partial charge in [0.2, 0.25) is 5.91 Å². The van der Waals surface area contributed by atoms with Crippen LogP contribution in [0.3, 0.4) is 0 Å². The molecule has 1 atom stereocenters. The molecule has 3 nitrogen and oxygen atoms in total. The van der Waals surface area contributed by atoms with Gasteiger partial charge in [0.1, 0.15) is 0 Å². The number of hydrogen-bond donors (Lipinski definition) is 2. The van der Waals surface area contributed by atoms with Crippen molar-refractivity contribution in [2.45, 2.75) is 19.3 Å². The van der Waals surface area contributed by atoms with Crippen molar-refractivity contribution in [1.82, 2.24) is 5.32 Å². The Bertz CT molecular complexity index is 549. The third kappa shape index (κ3) is 4.12. The van der Waals surface area contributed by atoms with Gasteiger partial charge >= 0.3 is 0 Å². The van der Waals surface area contributed by atoms with Gasteiger partial charge in [-0.2, -0.15) is 0 Å². The number of carbonyl (C=O) groups excluding carboxylic acids is 1. The zero-order valence-corrected chi connectivity index (χ0v) is 11.7. The molecule has 0 heterocycles. The van der Waals surface area contributed by atoms with Crippen molar-refractivity contribution >= 4 is 11.6 Å². The zero-order chi connectivity index (χ0) is 14.4. The Morgan fingerprint density at radius 2 is 1.75 bits per heavy atom. The summed E-state index contributed by atoms with van der Waals surface area (Å²) in [4.78, 5) is 11.9. The fraction of sp³-hybridized carbons (Fsp3) is 0.235. The van der Waals surface area contributed by atoms with Crippen molar-refractivity contribution < 1.29 is 4.79 Å². The smallest absolute Gasteiger partial charge is 0.224 e. The molecule has 0 bridgehead atoms. The lowest BCUT2D eigenvalue weighted by Crippen LogP contribution is -2.28. The van der Waals surface area contributed by atoms with Crippen LogP contribution >= 0.6 is 0 Å². The van der Waals surface area contributed by atoms with Crippen LogP contribution in [0.5, 0.6) is 0 Å². The number of rotatable bonds is 5. The molecule has 0 saturated heterocycles. The first-order valence-electron chi connectivity index (χ1n) is 6.81. The molecule has 0 saturated carbocycles. The topological polar surface area (TPSA) is 55.1 Å². The minimum atomic E-state index is 0.0394. The van der Waals surface area contributed by atoms with Gasteiger partial charge in [0.05, 0.1) is 6.42 Å². The number of amides is 1. The van der Waals surface area contributed by atoms with Gasteiger partial charge < -0.3 is 11.1 Å². The molecule has 2 aromatic rings. The molecule has 1 unspecified atom stereocenters. The summed E-state index contributed by atoms with van der Waals surface area (Å²) >= 11 is 0. The van der Waals surface area contributed by atoms with E-state index in [4.69, 9.17) is 5.73 Å². The van der Waals surface area contributed by atoms with E-state index in [0.29, 0.717) is 24.6 Å². The highest BCUT2D eigenvalue weighted by Gasteiger charge is 2.08. The van der Waals surface area contributed by atoms with Gasteiger partial charge in [-0.05, 0) is 29.2 Å². The van der Waals surface area contributed by atoms with E-state index in [2.05, 4.69) is 24.4 Å². The van der Waals surface area contributed by atoms with E-state index >= 15 is 0 Å². The summed E-state index contributed by atoms with van der Waals surface area (Å²) in [7, 11) is 0. The van der Waals surface area contributed by atoms with Crippen LogP contribution in [-0.4, -0.2) is 12.5 Å². The van der Waals surface area contributed by atoms with E-state index in [1.54, 1.807) is 0 Å². The lowest BCUT2D eigenvalue weighted by molar-refractivity contribution is -0.120. The quantitative estimate of drug-likeness (QED) is 0.819. The average molecular weight is 268 g/mol. The largest absolute Gasteiger partial charge is 0.399 e. The third-order valence-corrected chi connectivity index (χ3v) is 3.32. The molecule has 2 rings (SSSR count). The molecule has 3 heteroatoms. The van der Waals surface area contributed by atoms with Crippen molar-refractivity contribution in [1.29, 1.82) is 0 Å². The molecule has 0 aliphatic rings. The molecule has 0 aliphatic heterocycles. The van der Waals surface area contributed by atoms with Gasteiger partial charge in [-0.25, -0.2) is 0 Å². The Balaban J connectivity index is 1.82. The highest BCUT2D eigenvalue weighted by atomic mass is 16.1. The Kier molecular flexibility index (Phi) is 4.77. The van der Waals surface area contributed by atoms with E-state index in [-0.39, 0.29) is 5.91 Å². The molecule has 20 heavy (non-hydrogen) atoms. The summed E-state index contributed by atoms with van der Waals surface area (Å²) in [6, 6.07) is 17.6. The first-order chi connectivity index (χ1) is 9.65. The third-order valence-electron chi connectivity index (χ3n) is 3.32. The van der Waals surface area contributed by atoms with Gasteiger partial charge in [0.25, 0.3) is 0 Å². The van der Waals surface area contributed by atoms with Crippen molar-refractivity contribution in [2.75, 3.05) is 12.3 Å². The van der Waals surface area contributed by atoms with Crippen molar-refractivity contribution in [2.24, 2.45) is 0 Å². The molecule has 0 radical (unpaired) electrons. The number of hydrogen-bond acceptors (Lipinski definition) is 2. The minimum Gasteiger partial charge on any atom is -0.399 e. The molecule has 3 N–H and O–H groups in total. The van der Waals surface area contributed by atoms with Crippen LogP contribution in [0, 0.1) is 0 Å². The number of anilines is 1. The van der Waals surface area contributed by atoms with E-state index in [9.17, 15) is 4.79 Å². The van der Waals surface area contributed by atoms with Crippen molar-refractivity contribution in [3.63, 3.8) is 0 Å². The van der Waals surface area contributed by atoms with Gasteiger partial charge in [-0.3, -0.25) is 4.79 Å². The molecule has 0 aliphatic carbocycles. The molecule has 104 valence electrons. The fourth-order valence-corrected chi connectivity index (χ4v) is 2.05. The maximum Gasteiger partial charge on any atom is 0.224 e. The van der Waals surface area contributed by atoms with E-state index in [1.165, 1.54) is 5.56 Å². The molecule has 1 amide bonds. The molecular weight excluding hydrogens is 248 g/mol. The summed E-state index contributed by atoms with van der Waals surface area (Å²) in [5.41, 5.74) is 8.55. The maximum atomic E-state index is 11.9. The van der Waals surface area contributed by atoms with Crippen molar-refractivity contribution in [3.05, 3.63) is 65.7 Å². The number of nitrogens with one attached hydrogen (secondary N) is 1. The van der Waals surface area contributed by atoms with Crippen LogP contribution in [0.1, 0.15) is 24.0 Å². The number of benzene rings is 2. The van der Waals surface area contributed by atoms with Crippen LogP contribution in [0.4, 0.5) is 5.69 Å². The van der Waals surface area contributed by atoms with Crippen LogP contribution in [0.25, 0.3) is 0 Å².